The van der Waals surface area contributed by atoms with E-state index in [-0.39, 0.29) is 11.8 Å². The van der Waals surface area contributed by atoms with Crippen LogP contribution in [0, 0.1) is 17.6 Å². The lowest BCUT2D eigenvalue weighted by atomic mass is 9.86. The van der Waals surface area contributed by atoms with Crippen LogP contribution in [0.3, 0.4) is 0 Å². The van der Waals surface area contributed by atoms with Gasteiger partial charge in [-0.05, 0) is 31.2 Å². The topological polar surface area (TPSA) is 67.9 Å². The number of carbonyl (C=O) groups excluding carboxylic acids is 1. The van der Waals surface area contributed by atoms with Gasteiger partial charge >= 0.3 is 0 Å². The van der Waals surface area contributed by atoms with Crippen molar-refractivity contribution in [3.8, 4) is 5.75 Å². The maximum atomic E-state index is 13.8. The van der Waals surface area contributed by atoms with Crippen LogP contribution in [0.5, 0.6) is 5.75 Å². The number of ether oxygens (including phenoxy) is 1. The van der Waals surface area contributed by atoms with Gasteiger partial charge in [-0.2, -0.15) is 5.10 Å². The molecule has 0 saturated carbocycles. The van der Waals surface area contributed by atoms with E-state index >= 15 is 0 Å². The van der Waals surface area contributed by atoms with Crippen molar-refractivity contribution in [1.29, 1.82) is 0 Å². The highest BCUT2D eigenvalue weighted by molar-refractivity contribution is 8.15. The lowest BCUT2D eigenvalue weighted by molar-refractivity contribution is -0.134. The molecule has 0 unspecified atom stereocenters. The van der Waals surface area contributed by atoms with E-state index < -0.39 is 16.5 Å². The van der Waals surface area contributed by atoms with Gasteiger partial charge in [-0.15, -0.1) is 0 Å². The summed E-state index contributed by atoms with van der Waals surface area (Å²) in [5, 5.41) is 6.28. The number of amides is 1. The lowest BCUT2D eigenvalue weighted by Crippen LogP contribution is -2.51. The second-order valence-corrected chi connectivity index (χ2v) is 7.99. The van der Waals surface area contributed by atoms with Crippen LogP contribution in [-0.2, 0) is 9.67 Å². The summed E-state index contributed by atoms with van der Waals surface area (Å²) in [6, 6.07) is 10.7. The second kappa shape index (κ2) is 7.18. The van der Waals surface area contributed by atoms with Gasteiger partial charge in [0.2, 0.25) is 5.91 Å². The maximum absolute atomic E-state index is 13.8. The molecule has 0 saturated heterocycles. The first-order valence-corrected chi connectivity index (χ1v) is 9.74. The van der Waals surface area contributed by atoms with E-state index in [1.165, 1.54) is 35.8 Å². The molecule has 0 aromatic heterocycles. The Labute approximate surface area is 165 Å². The summed E-state index contributed by atoms with van der Waals surface area (Å²) in [6.45, 7) is 2.21. The minimum atomic E-state index is -0.877. The second-order valence-electron chi connectivity index (χ2n) is 6.77. The number of hydrazone groups is 1. The van der Waals surface area contributed by atoms with Crippen molar-refractivity contribution < 1.29 is 18.3 Å². The minimum Gasteiger partial charge on any atom is -0.493 e. The van der Waals surface area contributed by atoms with Crippen LogP contribution in [-0.4, -0.2) is 29.1 Å². The van der Waals surface area contributed by atoms with E-state index in [2.05, 4.69) is 5.10 Å². The molecule has 2 heterocycles. The van der Waals surface area contributed by atoms with Gasteiger partial charge in [-0.25, -0.2) is 13.8 Å². The van der Waals surface area contributed by atoms with Crippen molar-refractivity contribution in [2.75, 3.05) is 13.2 Å². The Balaban J connectivity index is 1.88. The van der Waals surface area contributed by atoms with E-state index in [0.29, 0.717) is 35.9 Å². The predicted octanol–water partition coefficient (Wildman–Crippen LogP) is 3.43. The number of thioether (sulfide) groups is 1. The number of hydrogen-bond acceptors (Lipinski definition) is 5. The Morgan fingerprint density at radius 3 is 2.71 bits per heavy atom. The fraction of sp³-hybridized carbons (Fsp3) is 0.300. The third kappa shape index (κ3) is 2.97. The fourth-order valence-corrected chi connectivity index (χ4v) is 5.33. The highest BCUT2D eigenvalue weighted by Crippen LogP contribution is 2.57. The number of nitrogens with zero attached hydrogens (tertiary/aromatic N) is 2. The number of nitrogens with two attached hydrogens (primary N) is 1. The van der Waals surface area contributed by atoms with Gasteiger partial charge in [-0.3, -0.25) is 4.79 Å². The molecule has 0 aliphatic carbocycles. The van der Waals surface area contributed by atoms with Crippen LogP contribution in [0.15, 0.2) is 47.6 Å². The van der Waals surface area contributed by atoms with Crippen molar-refractivity contribution in [2.45, 2.75) is 18.2 Å². The Morgan fingerprint density at radius 1 is 1.32 bits per heavy atom. The summed E-state index contributed by atoms with van der Waals surface area (Å²) in [5.74, 6) is -1.13. The molecule has 1 amide bonds. The van der Waals surface area contributed by atoms with Crippen molar-refractivity contribution >= 4 is 22.7 Å². The first-order valence-electron chi connectivity index (χ1n) is 8.93. The normalized spacial score (nSPS) is 23.4. The van der Waals surface area contributed by atoms with Crippen molar-refractivity contribution in [1.82, 2.24) is 5.01 Å². The van der Waals surface area contributed by atoms with Crippen LogP contribution in [0.2, 0.25) is 0 Å². The summed E-state index contributed by atoms with van der Waals surface area (Å²) in [6.07, 6.45) is 0.603. The van der Waals surface area contributed by atoms with Gasteiger partial charge in [0.25, 0.3) is 0 Å². The highest BCUT2D eigenvalue weighted by atomic mass is 32.2. The monoisotopic (exact) mass is 403 g/mol. The van der Waals surface area contributed by atoms with Crippen LogP contribution < -0.4 is 10.5 Å². The first kappa shape index (κ1) is 18.9. The average molecular weight is 403 g/mol. The van der Waals surface area contributed by atoms with Gasteiger partial charge in [0.05, 0.1) is 6.61 Å². The third-order valence-corrected chi connectivity index (χ3v) is 6.50. The van der Waals surface area contributed by atoms with E-state index in [9.17, 15) is 13.6 Å². The number of halogens is 2. The van der Waals surface area contributed by atoms with E-state index in [0.717, 1.165) is 11.6 Å². The van der Waals surface area contributed by atoms with Crippen molar-refractivity contribution in [2.24, 2.45) is 16.8 Å². The number of rotatable bonds is 3. The molecule has 28 heavy (non-hydrogen) atoms. The molecular weight excluding hydrogens is 384 g/mol. The quantitative estimate of drug-likeness (QED) is 0.853. The van der Waals surface area contributed by atoms with Gasteiger partial charge in [0.1, 0.15) is 22.4 Å². The Morgan fingerprint density at radius 2 is 2.04 bits per heavy atom. The smallest absolute Gasteiger partial charge is 0.241 e. The van der Waals surface area contributed by atoms with E-state index in [1.807, 2.05) is 24.3 Å². The summed E-state index contributed by atoms with van der Waals surface area (Å²) in [4.78, 5) is 11.7. The molecular formula is C20H19F2N3O2S. The van der Waals surface area contributed by atoms with Crippen molar-refractivity contribution in [3.63, 3.8) is 0 Å². The van der Waals surface area contributed by atoms with Crippen LogP contribution in [0.4, 0.5) is 8.78 Å². The zero-order valence-corrected chi connectivity index (χ0v) is 16.0. The Hall–Kier alpha value is -2.45. The number of hydrogen-bond donors (Lipinski definition) is 1. The molecule has 4 rings (SSSR count). The van der Waals surface area contributed by atoms with Gasteiger partial charge in [-0.1, -0.05) is 30.0 Å². The lowest BCUT2D eigenvalue weighted by Gasteiger charge is -2.45. The maximum Gasteiger partial charge on any atom is 0.241 e. The fourth-order valence-electron chi connectivity index (χ4n) is 3.79. The molecule has 0 bridgehead atoms. The first-order chi connectivity index (χ1) is 13.5. The van der Waals surface area contributed by atoms with E-state index in [4.69, 9.17) is 10.5 Å². The molecule has 146 valence electrons. The molecule has 0 radical (unpaired) electrons. The third-order valence-electron chi connectivity index (χ3n) is 4.95. The summed E-state index contributed by atoms with van der Waals surface area (Å²) < 4.78 is 33.5. The number of benzene rings is 2. The molecule has 5 nitrogen and oxygen atoms in total. The molecule has 2 aliphatic heterocycles. The molecule has 1 spiro atoms. The number of fused-ring (bicyclic) bond motifs is 2. The summed E-state index contributed by atoms with van der Waals surface area (Å²) >= 11 is 1.32. The summed E-state index contributed by atoms with van der Waals surface area (Å²) in [5.41, 5.74) is 6.93. The molecule has 2 aromatic rings. The van der Waals surface area contributed by atoms with Gasteiger partial charge in [0.15, 0.2) is 4.87 Å². The Kier molecular flexibility index (Phi) is 4.84. The zero-order chi connectivity index (χ0) is 19.9. The molecule has 2 N–H and O–H groups in total. The molecule has 2 aromatic carbocycles. The molecule has 0 fully saturated rings. The standard InChI is InChI=1S/C20H19F2N3O2S/c1-12(26)25-20(28-19(24-25)13-8-15(21)10-16(22)9-13)14(6-7-23)11-27-18-5-3-2-4-17(18)20/h2-5,8-10,14H,6-7,11,23H2,1H3/t14-,20-/m1/s1. The number of carbonyl (C=O) groups is 1. The van der Waals surface area contributed by atoms with Crippen molar-refractivity contribution in [3.05, 3.63) is 65.2 Å². The molecule has 2 atom stereocenters. The van der Waals surface area contributed by atoms with Gasteiger partial charge in [0, 0.05) is 30.0 Å². The Bertz CT molecular complexity index is 948. The SMILES string of the molecule is CC(=O)N1N=C(c2cc(F)cc(F)c2)S[C@]12c1ccccc1OC[C@H]2CCN. The van der Waals surface area contributed by atoms with Crippen LogP contribution >= 0.6 is 11.8 Å². The van der Waals surface area contributed by atoms with Crippen LogP contribution in [0.1, 0.15) is 24.5 Å². The predicted molar refractivity (Wildman–Crippen MR) is 104 cm³/mol. The minimum absolute atomic E-state index is 0.138. The largest absolute Gasteiger partial charge is 0.493 e. The average Bonchev–Trinajstić information content (AvgIpc) is 3.05. The van der Waals surface area contributed by atoms with Crippen LogP contribution in [0.25, 0.3) is 0 Å². The van der Waals surface area contributed by atoms with E-state index in [1.54, 1.807) is 0 Å². The number of para-hydroxylation sites is 1. The highest BCUT2D eigenvalue weighted by Gasteiger charge is 2.56. The zero-order valence-electron chi connectivity index (χ0n) is 15.2. The van der Waals surface area contributed by atoms with Gasteiger partial charge < -0.3 is 10.5 Å². The molecule has 2 aliphatic rings. The molecule has 8 heteroatoms. The summed E-state index contributed by atoms with van der Waals surface area (Å²) in [7, 11) is 0.